The maximum Gasteiger partial charge on any atom is 0.270 e. The van der Waals surface area contributed by atoms with Crippen molar-refractivity contribution in [3.8, 4) is 11.5 Å². The van der Waals surface area contributed by atoms with Gasteiger partial charge in [0.2, 0.25) is 0 Å². The molecule has 1 amide bonds. The van der Waals surface area contributed by atoms with Gasteiger partial charge in [-0.3, -0.25) is 9.69 Å². The number of benzene rings is 2. The quantitative estimate of drug-likeness (QED) is 0.453. The molecule has 140 valence electrons. The Morgan fingerprint density at radius 1 is 1.11 bits per heavy atom. The number of thiocarbonyl (C=S) groups is 1. The third-order valence-corrected chi connectivity index (χ3v) is 5.32. The number of halogens is 1. The zero-order valence-electron chi connectivity index (χ0n) is 14.9. The topological polar surface area (TPSA) is 38.8 Å². The van der Waals surface area contributed by atoms with Crippen molar-refractivity contribution < 1.29 is 14.3 Å². The highest BCUT2D eigenvalue weighted by molar-refractivity contribution is 8.27. The molecule has 0 bridgehead atoms. The van der Waals surface area contributed by atoms with Gasteiger partial charge in [0.25, 0.3) is 5.91 Å². The van der Waals surface area contributed by atoms with Crippen LogP contribution in [0.1, 0.15) is 19.4 Å². The van der Waals surface area contributed by atoms with Crippen LogP contribution in [-0.2, 0) is 4.79 Å². The lowest BCUT2D eigenvalue weighted by atomic mass is 10.1. The Balaban J connectivity index is 1.92. The minimum absolute atomic E-state index is 0.163. The molecule has 0 N–H and O–H groups in total. The summed E-state index contributed by atoms with van der Waals surface area (Å²) in [6.45, 7) is 4.93. The molecule has 2 aromatic rings. The Bertz CT molecular complexity index is 897. The fourth-order valence-electron chi connectivity index (χ4n) is 2.59. The summed E-state index contributed by atoms with van der Waals surface area (Å²) >= 11 is 12.6. The molecule has 0 aromatic heterocycles. The van der Waals surface area contributed by atoms with Crippen molar-refractivity contribution in [3.63, 3.8) is 0 Å². The number of hydrogen-bond acceptors (Lipinski definition) is 5. The fraction of sp³-hybridized carbons (Fsp3) is 0.200. The van der Waals surface area contributed by atoms with Crippen molar-refractivity contribution in [2.24, 2.45) is 0 Å². The van der Waals surface area contributed by atoms with E-state index < -0.39 is 0 Å². The number of ether oxygens (including phenoxy) is 2. The first-order chi connectivity index (χ1) is 13.0. The number of thioether (sulfide) groups is 1. The molecule has 7 heteroatoms. The Hall–Kier alpha value is -2.02. The second-order valence-electron chi connectivity index (χ2n) is 5.56. The smallest absolute Gasteiger partial charge is 0.270 e. The van der Waals surface area contributed by atoms with Crippen LogP contribution in [0, 0.1) is 0 Å². The Morgan fingerprint density at radius 3 is 2.48 bits per heavy atom. The second kappa shape index (κ2) is 8.78. The SMILES string of the molecule is CCOc1ccc(C=C2SC(=S)N(c3ccc(Cl)cc3)C2=O)c(OCC)c1. The predicted molar refractivity (Wildman–Crippen MR) is 116 cm³/mol. The molecule has 0 unspecified atom stereocenters. The van der Waals surface area contributed by atoms with Crippen LogP contribution in [0.3, 0.4) is 0 Å². The van der Waals surface area contributed by atoms with E-state index in [2.05, 4.69) is 0 Å². The van der Waals surface area contributed by atoms with Crippen molar-refractivity contribution in [1.82, 2.24) is 0 Å². The normalized spacial score (nSPS) is 15.5. The zero-order valence-corrected chi connectivity index (χ0v) is 17.3. The average Bonchev–Trinajstić information content (AvgIpc) is 2.92. The van der Waals surface area contributed by atoms with Crippen LogP contribution in [0.2, 0.25) is 5.02 Å². The van der Waals surface area contributed by atoms with E-state index in [-0.39, 0.29) is 5.91 Å². The summed E-state index contributed by atoms with van der Waals surface area (Å²) < 4.78 is 11.7. The van der Waals surface area contributed by atoms with Gasteiger partial charge in [0.1, 0.15) is 11.5 Å². The van der Waals surface area contributed by atoms with E-state index in [0.717, 1.165) is 11.3 Å². The van der Waals surface area contributed by atoms with Crippen molar-refractivity contribution in [2.45, 2.75) is 13.8 Å². The molecular formula is C20H18ClNO3S2. The van der Waals surface area contributed by atoms with Crippen LogP contribution in [0.15, 0.2) is 47.4 Å². The van der Waals surface area contributed by atoms with Gasteiger partial charge in [-0.15, -0.1) is 0 Å². The number of rotatable bonds is 6. The molecule has 0 radical (unpaired) electrons. The molecule has 0 spiro atoms. The molecule has 1 aliphatic rings. The van der Waals surface area contributed by atoms with Crippen LogP contribution in [0.5, 0.6) is 11.5 Å². The lowest BCUT2D eigenvalue weighted by molar-refractivity contribution is -0.113. The lowest BCUT2D eigenvalue weighted by Crippen LogP contribution is -2.27. The Morgan fingerprint density at radius 2 is 1.81 bits per heavy atom. The van der Waals surface area contributed by atoms with Crippen LogP contribution in [0.25, 0.3) is 6.08 Å². The molecule has 1 heterocycles. The maximum absolute atomic E-state index is 12.9. The molecular weight excluding hydrogens is 402 g/mol. The highest BCUT2D eigenvalue weighted by atomic mass is 35.5. The zero-order chi connectivity index (χ0) is 19.4. The number of nitrogens with zero attached hydrogens (tertiary/aromatic N) is 1. The Kier molecular flexibility index (Phi) is 6.42. The van der Waals surface area contributed by atoms with Crippen molar-refractivity contribution >= 4 is 57.6 Å². The maximum atomic E-state index is 12.9. The van der Waals surface area contributed by atoms with E-state index in [0.29, 0.717) is 38.9 Å². The predicted octanol–water partition coefficient (Wildman–Crippen LogP) is 5.54. The largest absolute Gasteiger partial charge is 0.494 e. The van der Waals surface area contributed by atoms with E-state index in [1.54, 1.807) is 30.3 Å². The van der Waals surface area contributed by atoms with Crippen molar-refractivity contribution in [2.75, 3.05) is 18.1 Å². The number of hydrogen-bond donors (Lipinski definition) is 0. The van der Waals surface area contributed by atoms with Gasteiger partial charge in [0, 0.05) is 16.7 Å². The first-order valence-corrected chi connectivity index (χ1v) is 10.1. The van der Waals surface area contributed by atoms with Gasteiger partial charge in [0.15, 0.2) is 4.32 Å². The summed E-state index contributed by atoms with van der Waals surface area (Å²) in [5.41, 5.74) is 1.50. The summed E-state index contributed by atoms with van der Waals surface area (Å²) in [6, 6.07) is 12.6. The van der Waals surface area contributed by atoms with Crippen LogP contribution < -0.4 is 14.4 Å². The van der Waals surface area contributed by atoms with Gasteiger partial charge in [-0.1, -0.05) is 35.6 Å². The first-order valence-electron chi connectivity index (χ1n) is 8.46. The summed E-state index contributed by atoms with van der Waals surface area (Å²) in [5.74, 6) is 1.23. The van der Waals surface area contributed by atoms with Gasteiger partial charge >= 0.3 is 0 Å². The molecule has 0 atom stereocenters. The minimum atomic E-state index is -0.163. The summed E-state index contributed by atoms with van der Waals surface area (Å²) in [4.78, 5) is 14.9. The number of carbonyl (C=O) groups excluding carboxylic acids is 1. The molecule has 0 aliphatic carbocycles. The number of carbonyl (C=O) groups is 1. The van der Waals surface area contributed by atoms with Crippen molar-refractivity contribution in [1.29, 1.82) is 0 Å². The summed E-state index contributed by atoms with van der Waals surface area (Å²) in [5, 5.41) is 0.607. The first kappa shape index (κ1) is 19.7. The monoisotopic (exact) mass is 419 g/mol. The third-order valence-electron chi connectivity index (χ3n) is 3.76. The van der Waals surface area contributed by atoms with E-state index in [1.807, 2.05) is 32.0 Å². The van der Waals surface area contributed by atoms with Crippen molar-refractivity contribution in [3.05, 3.63) is 58.0 Å². The van der Waals surface area contributed by atoms with E-state index in [9.17, 15) is 4.79 Å². The molecule has 0 saturated carbocycles. The van der Waals surface area contributed by atoms with Gasteiger partial charge < -0.3 is 9.47 Å². The molecule has 3 rings (SSSR count). The van der Waals surface area contributed by atoms with Gasteiger partial charge in [-0.25, -0.2) is 0 Å². The molecule has 2 aromatic carbocycles. The van der Waals surface area contributed by atoms with Gasteiger partial charge in [0.05, 0.1) is 23.8 Å². The highest BCUT2D eigenvalue weighted by Crippen LogP contribution is 2.38. The lowest BCUT2D eigenvalue weighted by Gasteiger charge is -2.14. The standard InChI is InChI=1S/C20H18ClNO3S2/c1-3-24-16-10-5-13(17(12-16)25-4-2)11-18-19(23)22(20(26)27-18)15-8-6-14(21)7-9-15/h5-12H,3-4H2,1-2H3. The van der Waals surface area contributed by atoms with E-state index in [1.165, 1.54) is 16.7 Å². The minimum Gasteiger partial charge on any atom is -0.494 e. The van der Waals surface area contributed by atoms with Crippen LogP contribution in [0.4, 0.5) is 5.69 Å². The fourth-order valence-corrected chi connectivity index (χ4v) is 4.01. The van der Waals surface area contributed by atoms with Crippen LogP contribution in [-0.4, -0.2) is 23.4 Å². The molecule has 27 heavy (non-hydrogen) atoms. The average molecular weight is 420 g/mol. The summed E-state index contributed by atoms with van der Waals surface area (Å²) in [7, 11) is 0. The van der Waals surface area contributed by atoms with E-state index >= 15 is 0 Å². The summed E-state index contributed by atoms with van der Waals surface area (Å²) in [6.07, 6.45) is 1.80. The Labute approximate surface area is 173 Å². The number of amides is 1. The van der Waals surface area contributed by atoms with Gasteiger partial charge in [-0.05, 0) is 56.3 Å². The molecule has 1 fully saturated rings. The van der Waals surface area contributed by atoms with E-state index in [4.69, 9.17) is 33.3 Å². The molecule has 4 nitrogen and oxygen atoms in total. The van der Waals surface area contributed by atoms with Crippen LogP contribution >= 0.6 is 35.6 Å². The molecule has 1 saturated heterocycles. The number of anilines is 1. The van der Waals surface area contributed by atoms with Gasteiger partial charge in [-0.2, -0.15) is 0 Å². The highest BCUT2D eigenvalue weighted by Gasteiger charge is 2.33. The second-order valence-corrected chi connectivity index (χ2v) is 7.67. The molecule has 1 aliphatic heterocycles. The third kappa shape index (κ3) is 4.46.